The van der Waals surface area contributed by atoms with E-state index in [1.54, 1.807) is 0 Å². The van der Waals surface area contributed by atoms with Crippen LogP contribution in [-0.2, 0) is 0 Å². The van der Waals surface area contributed by atoms with Crippen molar-refractivity contribution in [3.8, 4) is 0 Å². The highest BCUT2D eigenvalue weighted by Crippen LogP contribution is 2.26. The summed E-state index contributed by atoms with van der Waals surface area (Å²) in [6, 6.07) is 4.58. The van der Waals surface area contributed by atoms with Gasteiger partial charge in [-0.15, -0.1) is 0 Å². The molecule has 1 aromatic rings. The van der Waals surface area contributed by atoms with Crippen molar-refractivity contribution in [3.63, 3.8) is 0 Å². The summed E-state index contributed by atoms with van der Waals surface area (Å²) in [5.41, 5.74) is 0. The second-order valence-corrected chi connectivity index (χ2v) is 6.79. The Balaban J connectivity index is 1.50. The van der Waals surface area contributed by atoms with Gasteiger partial charge >= 0.3 is 0 Å². The summed E-state index contributed by atoms with van der Waals surface area (Å²) in [4.78, 5) is 2.58. The average Bonchev–Trinajstić information content (AvgIpc) is 3.15. The molecule has 1 aliphatic heterocycles. The van der Waals surface area contributed by atoms with Gasteiger partial charge in [-0.2, -0.15) is 0 Å². The zero-order valence-electron chi connectivity index (χ0n) is 13.2. The third-order valence-electron chi connectivity index (χ3n) is 5.20. The Morgan fingerprint density at radius 3 is 2.52 bits per heavy atom. The molecule has 1 saturated carbocycles. The molecule has 0 bridgehead atoms. The first-order valence-corrected chi connectivity index (χ1v) is 8.91. The Morgan fingerprint density at radius 1 is 1.10 bits per heavy atom. The molecule has 0 aromatic carbocycles. The minimum absolute atomic E-state index is 0.424. The summed E-state index contributed by atoms with van der Waals surface area (Å²) in [6.07, 6.45) is 13.1. The van der Waals surface area contributed by atoms with Crippen molar-refractivity contribution in [2.75, 3.05) is 26.2 Å². The van der Waals surface area contributed by atoms with Gasteiger partial charge in [-0.1, -0.05) is 25.7 Å². The molecule has 3 rings (SSSR count). The maximum absolute atomic E-state index is 5.69. The van der Waals surface area contributed by atoms with Gasteiger partial charge in [0.2, 0.25) is 0 Å². The van der Waals surface area contributed by atoms with Crippen LogP contribution in [0.1, 0.15) is 63.2 Å². The van der Waals surface area contributed by atoms with Crippen LogP contribution in [0.15, 0.2) is 22.8 Å². The van der Waals surface area contributed by atoms with E-state index in [0.29, 0.717) is 6.04 Å². The molecule has 21 heavy (non-hydrogen) atoms. The average molecular weight is 290 g/mol. The molecule has 0 amide bonds. The predicted molar refractivity (Wildman–Crippen MR) is 86.3 cm³/mol. The molecule has 1 aromatic heterocycles. The molecule has 1 unspecified atom stereocenters. The first-order chi connectivity index (χ1) is 10.4. The number of hydrogen-bond acceptors (Lipinski definition) is 3. The van der Waals surface area contributed by atoms with Crippen LogP contribution in [0.2, 0.25) is 0 Å². The van der Waals surface area contributed by atoms with E-state index in [4.69, 9.17) is 4.42 Å². The van der Waals surface area contributed by atoms with Crippen molar-refractivity contribution < 1.29 is 4.42 Å². The van der Waals surface area contributed by atoms with Crippen molar-refractivity contribution in [1.82, 2.24) is 10.2 Å². The van der Waals surface area contributed by atoms with Gasteiger partial charge in [0.15, 0.2) is 0 Å². The van der Waals surface area contributed by atoms with Gasteiger partial charge < -0.3 is 9.73 Å². The van der Waals surface area contributed by atoms with Crippen LogP contribution in [0.3, 0.4) is 0 Å². The molecule has 118 valence electrons. The van der Waals surface area contributed by atoms with E-state index in [1.165, 1.54) is 71.0 Å². The van der Waals surface area contributed by atoms with Crippen LogP contribution >= 0.6 is 0 Å². The fourth-order valence-electron chi connectivity index (χ4n) is 3.94. The van der Waals surface area contributed by atoms with Crippen LogP contribution < -0.4 is 5.32 Å². The van der Waals surface area contributed by atoms with Crippen molar-refractivity contribution >= 4 is 0 Å². The first-order valence-electron chi connectivity index (χ1n) is 8.91. The molecule has 0 radical (unpaired) electrons. The quantitative estimate of drug-likeness (QED) is 0.803. The van der Waals surface area contributed by atoms with Gasteiger partial charge in [0, 0.05) is 6.54 Å². The highest BCUT2D eigenvalue weighted by molar-refractivity contribution is 5.06. The second kappa shape index (κ2) is 8.00. The van der Waals surface area contributed by atoms with Crippen molar-refractivity contribution in [2.45, 2.75) is 57.4 Å². The van der Waals surface area contributed by atoms with Crippen LogP contribution in [-0.4, -0.2) is 31.1 Å². The Morgan fingerprint density at radius 2 is 1.86 bits per heavy atom. The van der Waals surface area contributed by atoms with Gasteiger partial charge in [0.05, 0.1) is 12.3 Å². The molecule has 2 heterocycles. The first kappa shape index (κ1) is 15.1. The molecule has 3 nitrogen and oxygen atoms in total. The molecular weight excluding hydrogens is 260 g/mol. The zero-order valence-corrected chi connectivity index (χ0v) is 13.2. The van der Waals surface area contributed by atoms with Gasteiger partial charge in [0.25, 0.3) is 0 Å². The molecule has 2 aliphatic rings. The van der Waals surface area contributed by atoms with E-state index in [2.05, 4.69) is 16.3 Å². The Kier molecular flexibility index (Phi) is 5.75. The van der Waals surface area contributed by atoms with Crippen LogP contribution in [0.25, 0.3) is 0 Å². The smallest absolute Gasteiger partial charge is 0.122 e. The van der Waals surface area contributed by atoms with Gasteiger partial charge in [-0.25, -0.2) is 0 Å². The fourth-order valence-corrected chi connectivity index (χ4v) is 3.94. The molecule has 3 heteroatoms. The van der Waals surface area contributed by atoms with Crippen molar-refractivity contribution in [2.24, 2.45) is 5.92 Å². The van der Waals surface area contributed by atoms with E-state index in [0.717, 1.165) is 18.2 Å². The van der Waals surface area contributed by atoms with Crippen molar-refractivity contribution in [1.29, 1.82) is 0 Å². The topological polar surface area (TPSA) is 28.4 Å². The maximum atomic E-state index is 5.69. The lowest BCUT2D eigenvalue weighted by Gasteiger charge is -2.27. The normalized spacial score (nSPS) is 23.2. The summed E-state index contributed by atoms with van der Waals surface area (Å²) in [7, 11) is 0. The van der Waals surface area contributed by atoms with E-state index in [-0.39, 0.29) is 0 Å². The summed E-state index contributed by atoms with van der Waals surface area (Å²) >= 11 is 0. The largest absolute Gasteiger partial charge is 0.468 e. The van der Waals surface area contributed by atoms with E-state index >= 15 is 0 Å². The lowest BCUT2D eigenvalue weighted by atomic mass is 10.0. The summed E-state index contributed by atoms with van der Waals surface area (Å²) in [5.74, 6) is 2.02. The molecular formula is C18H30N2O. The Labute approximate surface area is 129 Å². The zero-order chi connectivity index (χ0) is 14.3. The second-order valence-electron chi connectivity index (χ2n) is 6.79. The molecule has 1 atom stereocenters. The molecule has 0 spiro atoms. The predicted octanol–water partition coefficient (Wildman–Crippen LogP) is 3.98. The van der Waals surface area contributed by atoms with E-state index in [1.807, 2.05) is 12.3 Å². The Hall–Kier alpha value is -0.800. The van der Waals surface area contributed by atoms with Crippen molar-refractivity contribution in [3.05, 3.63) is 24.2 Å². The van der Waals surface area contributed by atoms with Crippen LogP contribution in [0.4, 0.5) is 0 Å². The summed E-state index contributed by atoms with van der Waals surface area (Å²) < 4.78 is 5.69. The summed E-state index contributed by atoms with van der Waals surface area (Å²) in [6.45, 7) is 4.65. The number of likely N-dealkylation sites (tertiary alicyclic amines) is 1. The lowest BCUT2D eigenvalue weighted by Crippen LogP contribution is -2.35. The third-order valence-corrected chi connectivity index (χ3v) is 5.20. The molecule has 1 saturated heterocycles. The fraction of sp³-hybridized carbons (Fsp3) is 0.778. The number of rotatable bonds is 6. The SMILES string of the molecule is c1coc(C(CNCC2CCCCCC2)N2CCCC2)c1. The Bertz CT molecular complexity index is 376. The molecule has 1 aliphatic carbocycles. The molecule has 1 N–H and O–H groups in total. The number of furan rings is 1. The standard InChI is InChI=1S/C18H30N2O/c1-2-4-9-16(8-3-1)14-19-15-17(18-10-7-13-21-18)20-11-5-6-12-20/h7,10,13,16-17,19H,1-6,8-9,11-12,14-15H2. The maximum Gasteiger partial charge on any atom is 0.122 e. The monoisotopic (exact) mass is 290 g/mol. The van der Waals surface area contributed by atoms with Gasteiger partial charge in [0.1, 0.15) is 5.76 Å². The minimum atomic E-state index is 0.424. The van der Waals surface area contributed by atoms with E-state index < -0.39 is 0 Å². The summed E-state index contributed by atoms with van der Waals surface area (Å²) in [5, 5.41) is 3.75. The highest BCUT2D eigenvalue weighted by Gasteiger charge is 2.25. The van der Waals surface area contributed by atoms with Crippen LogP contribution in [0.5, 0.6) is 0 Å². The number of hydrogen-bond donors (Lipinski definition) is 1. The number of nitrogens with one attached hydrogen (secondary N) is 1. The highest BCUT2D eigenvalue weighted by atomic mass is 16.3. The van der Waals surface area contributed by atoms with E-state index in [9.17, 15) is 0 Å². The van der Waals surface area contributed by atoms with Gasteiger partial charge in [-0.3, -0.25) is 4.90 Å². The van der Waals surface area contributed by atoms with Gasteiger partial charge in [-0.05, 0) is 63.4 Å². The third kappa shape index (κ3) is 4.33. The minimum Gasteiger partial charge on any atom is -0.468 e. The number of nitrogens with zero attached hydrogens (tertiary/aromatic N) is 1. The van der Waals surface area contributed by atoms with Crippen LogP contribution in [0, 0.1) is 5.92 Å². The lowest BCUT2D eigenvalue weighted by molar-refractivity contribution is 0.206. The molecule has 2 fully saturated rings.